The van der Waals surface area contributed by atoms with Gasteiger partial charge in [0.15, 0.2) is 0 Å². The van der Waals surface area contributed by atoms with Gasteiger partial charge in [0.05, 0.1) is 16.5 Å². The molecule has 0 aromatic heterocycles. The second-order valence-corrected chi connectivity index (χ2v) is 7.63. The quantitative estimate of drug-likeness (QED) is 0.847. The lowest BCUT2D eigenvalue weighted by Gasteiger charge is -2.27. The molecular weight excluding hydrogens is 286 g/mol. The largest absolute Gasteiger partial charge is 0.308 e. The van der Waals surface area contributed by atoms with E-state index in [2.05, 4.69) is 0 Å². The van der Waals surface area contributed by atoms with Gasteiger partial charge in [0.1, 0.15) is 0 Å². The minimum absolute atomic E-state index is 0.0278. The third-order valence-electron chi connectivity index (χ3n) is 3.79. The SMILES string of the molecule is Cc1cc(C#N)ccc1S(=O)(=O)N1CCCC1CN(C)C. The van der Waals surface area contributed by atoms with Crippen LogP contribution < -0.4 is 0 Å². The molecule has 0 radical (unpaired) electrons. The number of nitrogens with zero attached hydrogens (tertiary/aromatic N) is 3. The van der Waals surface area contributed by atoms with Crippen molar-refractivity contribution in [3.8, 4) is 6.07 Å². The van der Waals surface area contributed by atoms with Crippen molar-refractivity contribution in [3.05, 3.63) is 29.3 Å². The van der Waals surface area contributed by atoms with Crippen LogP contribution in [0.25, 0.3) is 0 Å². The van der Waals surface area contributed by atoms with E-state index in [0.717, 1.165) is 19.4 Å². The molecule has 21 heavy (non-hydrogen) atoms. The molecule has 2 rings (SSSR count). The fourth-order valence-electron chi connectivity index (χ4n) is 2.86. The predicted molar refractivity (Wildman–Crippen MR) is 81.4 cm³/mol. The summed E-state index contributed by atoms with van der Waals surface area (Å²) >= 11 is 0. The molecule has 0 aliphatic carbocycles. The number of hydrogen-bond donors (Lipinski definition) is 0. The Labute approximate surface area is 126 Å². The zero-order valence-corrected chi connectivity index (χ0v) is 13.5. The predicted octanol–water partition coefficient (Wildman–Crippen LogP) is 1.58. The first kappa shape index (κ1) is 16.0. The van der Waals surface area contributed by atoms with Crippen LogP contribution in [0.15, 0.2) is 23.1 Å². The third-order valence-corrected chi connectivity index (χ3v) is 5.90. The van der Waals surface area contributed by atoms with E-state index in [1.165, 1.54) is 0 Å². The van der Waals surface area contributed by atoms with Crippen LogP contribution in [0.3, 0.4) is 0 Å². The fourth-order valence-corrected chi connectivity index (χ4v) is 4.76. The van der Waals surface area contributed by atoms with E-state index in [-0.39, 0.29) is 6.04 Å². The van der Waals surface area contributed by atoms with Crippen molar-refractivity contribution < 1.29 is 8.42 Å². The molecule has 1 aromatic rings. The number of nitriles is 1. The van der Waals surface area contributed by atoms with Gasteiger partial charge in [-0.25, -0.2) is 8.42 Å². The van der Waals surface area contributed by atoms with E-state index in [9.17, 15) is 8.42 Å². The van der Waals surface area contributed by atoms with Gasteiger partial charge in [0.2, 0.25) is 10.0 Å². The summed E-state index contributed by atoms with van der Waals surface area (Å²) in [6.45, 7) is 3.04. The number of likely N-dealkylation sites (N-methyl/N-ethyl adjacent to an activating group) is 1. The summed E-state index contributed by atoms with van der Waals surface area (Å²) in [6, 6.07) is 6.81. The van der Waals surface area contributed by atoms with E-state index < -0.39 is 10.0 Å². The Kier molecular flexibility index (Phi) is 4.67. The van der Waals surface area contributed by atoms with E-state index in [0.29, 0.717) is 22.6 Å². The Hall–Kier alpha value is -1.42. The van der Waals surface area contributed by atoms with Crippen molar-refractivity contribution in [3.63, 3.8) is 0 Å². The van der Waals surface area contributed by atoms with Crippen LogP contribution in [-0.2, 0) is 10.0 Å². The minimum Gasteiger partial charge on any atom is -0.308 e. The zero-order valence-electron chi connectivity index (χ0n) is 12.7. The average molecular weight is 307 g/mol. The maximum Gasteiger partial charge on any atom is 0.243 e. The van der Waals surface area contributed by atoms with Gasteiger partial charge in [-0.05, 0) is 57.6 Å². The summed E-state index contributed by atoms with van der Waals surface area (Å²) < 4.78 is 27.4. The highest BCUT2D eigenvalue weighted by atomic mass is 32.2. The normalized spacial score (nSPS) is 19.9. The van der Waals surface area contributed by atoms with Crippen LogP contribution in [0.4, 0.5) is 0 Å². The van der Waals surface area contributed by atoms with Crippen molar-refractivity contribution in [2.45, 2.75) is 30.7 Å². The van der Waals surface area contributed by atoms with Gasteiger partial charge < -0.3 is 4.90 Å². The first-order valence-corrected chi connectivity index (χ1v) is 8.47. The van der Waals surface area contributed by atoms with Gasteiger partial charge in [-0.15, -0.1) is 0 Å². The van der Waals surface area contributed by atoms with Crippen LogP contribution in [0.5, 0.6) is 0 Å². The van der Waals surface area contributed by atoms with Gasteiger partial charge in [0, 0.05) is 19.1 Å². The lowest BCUT2D eigenvalue weighted by Crippen LogP contribution is -2.41. The molecule has 1 unspecified atom stereocenters. The highest BCUT2D eigenvalue weighted by Crippen LogP contribution is 2.28. The molecule has 1 fully saturated rings. The maximum absolute atomic E-state index is 12.9. The molecule has 1 atom stereocenters. The monoisotopic (exact) mass is 307 g/mol. The molecule has 0 spiro atoms. The number of hydrogen-bond acceptors (Lipinski definition) is 4. The van der Waals surface area contributed by atoms with Gasteiger partial charge in [-0.2, -0.15) is 9.57 Å². The molecule has 1 aliphatic rings. The van der Waals surface area contributed by atoms with Crippen molar-refractivity contribution in [1.82, 2.24) is 9.21 Å². The van der Waals surface area contributed by atoms with Crippen LogP contribution >= 0.6 is 0 Å². The van der Waals surface area contributed by atoms with E-state index in [4.69, 9.17) is 5.26 Å². The highest BCUT2D eigenvalue weighted by Gasteiger charge is 2.36. The van der Waals surface area contributed by atoms with Gasteiger partial charge in [-0.3, -0.25) is 0 Å². The first-order chi connectivity index (χ1) is 9.86. The Morgan fingerprint density at radius 2 is 2.14 bits per heavy atom. The topological polar surface area (TPSA) is 64.4 Å². The molecule has 0 bridgehead atoms. The Balaban J connectivity index is 2.36. The van der Waals surface area contributed by atoms with Crippen molar-refractivity contribution in [2.24, 2.45) is 0 Å². The summed E-state index contributed by atoms with van der Waals surface area (Å²) in [5, 5.41) is 8.89. The summed E-state index contributed by atoms with van der Waals surface area (Å²) in [7, 11) is 0.417. The molecule has 0 amide bonds. The summed E-state index contributed by atoms with van der Waals surface area (Å²) in [5.74, 6) is 0. The molecule has 6 heteroatoms. The second kappa shape index (κ2) is 6.14. The van der Waals surface area contributed by atoms with Gasteiger partial charge in [0.25, 0.3) is 0 Å². The maximum atomic E-state index is 12.9. The lowest BCUT2D eigenvalue weighted by atomic mass is 10.2. The molecule has 5 nitrogen and oxygen atoms in total. The van der Waals surface area contributed by atoms with Crippen LogP contribution in [-0.4, -0.2) is 50.8 Å². The number of sulfonamides is 1. The summed E-state index contributed by atoms with van der Waals surface area (Å²) in [4.78, 5) is 2.33. The number of rotatable bonds is 4. The van der Waals surface area contributed by atoms with Crippen molar-refractivity contribution >= 4 is 10.0 Å². The molecule has 1 aromatic carbocycles. The van der Waals surface area contributed by atoms with Crippen LogP contribution in [0, 0.1) is 18.3 Å². The molecule has 1 aliphatic heterocycles. The van der Waals surface area contributed by atoms with Crippen LogP contribution in [0.2, 0.25) is 0 Å². The van der Waals surface area contributed by atoms with E-state index in [1.54, 1.807) is 29.4 Å². The number of benzene rings is 1. The third kappa shape index (κ3) is 3.26. The first-order valence-electron chi connectivity index (χ1n) is 7.03. The van der Waals surface area contributed by atoms with E-state index >= 15 is 0 Å². The standard InChI is InChI=1S/C15H21N3O2S/c1-12-9-13(10-16)6-7-15(12)21(19,20)18-8-4-5-14(18)11-17(2)3/h6-7,9,14H,4-5,8,11H2,1-3H3. The van der Waals surface area contributed by atoms with Gasteiger partial charge >= 0.3 is 0 Å². The molecular formula is C15H21N3O2S. The van der Waals surface area contributed by atoms with E-state index in [1.807, 2.05) is 25.1 Å². The molecule has 114 valence electrons. The molecule has 1 saturated heterocycles. The minimum atomic E-state index is -3.49. The average Bonchev–Trinajstić information content (AvgIpc) is 2.86. The Morgan fingerprint density at radius 3 is 2.71 bits per heavy atom. The van der Waals surface area contributed by atoms with Gasteiger partial charge in [-0.1, -0.05) is 0 Å². The van der Waals surface area contributed by atoms with Crippen molar-refractivity contribution in [1.29, 1.82) is 5.26 Å². The lowest BCUT2D eigenvalue weighted by molar-refractivity contribution is 0.291. The van der Waals surface area contributed by atoms with Crippen LogP contribution in [0.1, 0.15) is 24.0 Å². The zero-order chi connectivity index (χ0) is 15.6. The fraction of sp³-hybridized carbons (Fsp3) is 0.533. The Bertz CT molecular complexity index is 662. The summed E-state index contributed by atoms with van der Waals surface area (Å²) in [6.07, 6.45) is 1.79. The second-order valence-electron chi connectivity index (χ2n) is 5.77. The highest BCUT2D eigenvalue weighted by molar-refractivity contribution is 7.89. The molecule has 0 N–H and O–H groups in total. The smallest absolute Gasteiger partial charge is 0.243 e. The number of aryl methyl sites for hydroxylation is 1. The van der Waals surface area contributed by atoms with Crippen molar-refractivity contribution in [2.75, 3.05) is 27.2 Å². The Morgan fingerprint density at radius 1 is 1.43 bits per heavy atom. The molecule has 0 saturated carbocycles. The molecule has 1 heterocycles. The summed E-state index contributed by atoms with van der Waals surface area (Å²) in [5.41, 5.74) is 1.11.